The van der Waals surface area contributed by atoms with Crippen LogP contribution in [0.2, 0.25) is 0 Å². The van der Waals surface area contributed by atoms with E-state index in [2.05, 4.69) is 0 Å². The highest BCUT2D eigenvalue weighted by molar-refractivity contribution is 7.89. The van der Waals surface area contributed by atoms with E-state index >= 15 is 0 Å². The van der Waals surface area contributed by atoms with Crippen molar-refractivity contribution >= 4 is 21.8 Å². The fraction of sp³-hybridized carbons (Fsp3) is 0.444. The third kappa shape index (κ3) is 3.93. The standard InChI is InChI=1S/C18H21N3O7S/c22-17(14-2-1-11-27-14)19-5-7-20(8-6-19)18(23)15-3-4-16(28-15)29(24,25)21-9-12-26-13-10-21/h1-4,11H,5-10,12-13H2. The fourth-order valence-electron chi connectivity index (χ4n) is 3.31. The summed E-state index contributed by atoms with van der Waals surface area (Å²) in [5, 5.41) is -0.255. The monoisotopic (exact) mass is 423 g/mol. The first kappa shape index (κ1) is 19.7. The minimum atomic E-state index is -3.80. The number of carbonyl (C=O) groups excluding carboxylic acids is 2. The molecule has 156 valence electrons. The van der Waals surface area contributed by atoms with Gasteiger partial charge in [-0.15, -0.1) is 0 Å². The maximum Gasteiger partial charge on any atom is 0.289 e. The van der Waals surface area contributed by atoms with Crippen molar-refractivity contribution in [3.63, 3.8) is 0 Å². The average Bonchev–Trinajstić information content (AvgIpc) is 3.46. The smallest absolute Gasteiger partial charge is 0.289 e. The molecule has 2 aliphatic heterocycles. The third-order valence-corrected chi connectivity index (χ3v) is 6.72. The molecule has 4 rings (SSSR count). The van der Waals surface area contributed by atoms with Gasteiger partial charge in [-0.05, 0) is 24.3 Å². The van der Waals surface area contributed by atoms with Crippen molar-refractivity contribution in [2.24, 2.45) is 0 Å². The quantitative estimate of drug-likeness (QED) is 0.703. The van der Waals surface area contributed by atoms with Gasteiger partial charge in [0.1, 0.15) is 0 Å². The van der Waals surface area contributed by atoms with Crippen LogP contribution in [0, 0.1) is 0 Å². The van der Waals surface area contributed by atoms with Gasteiger partial charge in [0.05, 0.1) is 19.5 Å². The van der Waals surface area contributed by atoms with Gasteiger partial charge in [0.2, 0.25) is 5.09 Å². The summed E-state index contributed by atoms with van der Waals surface area (Å²) in [5.74, 6) is -0.408. The largest absolute Gasteiger partial charge is 0.459 e. The lowest BCUT2D eigenvalue weighted by Gasteiger charge is -2.33. The Morgan fingerprint density at radius 1 is 0.828 bits per heavy atom. The first-order valence-corrected chi connectivity index (χ1v) is 10.7. The zero-order valence-corrected chi connectivity index (χ0v) is 16.5. The summed E-state index contributed by atoms with van der Waals surface area (Å²) in [4.78, 5) is 28.2. The number of furan rings is 2. The molecule has 10 nitrogen and oxygen atoms in total. The van der Waals surface area contributed by atoms with Crippen LogP contribution in [-0.2, 0) is 14.8 Å². The third-order valence-electron chi connectivity index (χ3n) is 4.94. The molecule has 0 unspecified atom stereocenters. The van der Waals surface area contributed by atoms with Crippen LogP contribution in [0.5, 0.6) is 0 Å². The van der Waals surface area contributed by atoms with Crippen LogP contribution < -0.4 is 0 Å². The predicted molar refractivity (Wildman–Crippen MR) is 98.8 cm³/mol. The minimum Gasteiger partial charge on any atom is -0.459 e. The Kier molecular flexibility index (Phi) is 5.43. The zero-order valence-electron chi connectivity index (χ0n) is 15.7. The van der Waals surface area contributed by atoms with Crippen molar-refractivity contribution in [3.05, 3.63) is 42.0 Å². The Bertz CT molecular complexity index is 969. The topological polar surface area (TPSA) is 114 Å². The van der Waals surface area contributed by atoms with Gasteiger partial charge in [0, 0.05) is 39.3 Å². The van der Waals surface area contributed by atoms with Crippen LogP contribution in [0.4, 0.5) is 0 Å². The van der Waals surface area contributed by atoms with E-state index in [0.717, 1.165) is 0 Å². The number of morpholine rings is 1. The van der Waals surface area contributed by atoms with Crippen molar-refractivity contribution in [1.82, 2.24) is 14.1 Å². The molecular formula is C18H21N3O7S. The Labute approximate surface area is 167 Å². The molecule has 0 atom stereocenters. The van der Waals surface area contributed by atoms with Gasteiger partial charge in [-0.1, -0.05) is 0 Å². The summed E-state index contributed by atoms with van der Waals surface area (Å²) in [7, 11) is -3.80. The highest BCUT2D eigenvalue weighted by atomic mass is 32.2. The number of carbonyl (C=O) groups is 2. The van der Waals surface area contributed by atoms with Gasteiger partial charge in [-0.25, -0.2) is 8.42 Å². The number of hydrogen-bond donors (Lipinski definition) is 0. The summed E-state index contributed by atoms with van der Waals surface area (Å²) >= 11 is 0. The summed E-state index contributed by atoms with van der Waals surface area (Å²) in [6.07, 6.45) is 1.44. The number of ether oxygens (including phenoxy) is 1. The highest BCUT2D eigenvalue weighted by Gasteiger charge is 2.32. The highest BCUT2D eigenvalue weighted by Crippen LogP contribution is 2.21. The van der Waals surface area contributed by atoms with Gasteiger partial charge in [0.15, 0.2) is 11.5 Å². The number of amides is 2. The molecule has 2 amide bonds. The second kappa shape index (κ2) is 8.01. The number of piperazine rings is 1. The molecule has 2 fully saturated rings. The Balaban J connectivity index is 1.39. The molecule has 2 saturated heterocycles. The summed E-state index contributed by atoms with van der Waals surface area (Å²) in [5.41, 5.74) is 0. The summed E-state index contributed by atoms with van der Waals surface area (Å²) in [6.45, 7) is 2.49. The second-order valence-electron chi connectivity index (χ2n) is 6.70. The van der Waals surface area contributed by atoms with Gasteiger partial charge >= 0.3 is 0 Å². The van der Waals surface area contributed by atoms with Crippen LogP contribution in [0.1, 0.15) is 21.1 Å². The second-order valence-corrected chi connectivity index (χ2v) is 8.57. The number of sulfonamides is 1. The molecule has 0 N–H and O–H groups in total. The molecule has 11 heteroatoms. The summed E-state index contributed by atoms with van der Waals surface area (Å²) in [6, 6.07) is 5.91. The maximum atomic E-state index is 12.7. The number of nitrogens with zero attached hydrogens (tertiary/aromatic N) is 3. The molecular weight excluding hydrogens is 402 g/mol. The van der Waals surface area contributed by atoms with Crippen molar-refractivity contribution in [1.29, 1.82) is 0 Å². The molecule has 29 heavy (non-hydrogen) atoms. The zero-order chi connectivity index (χ0) is 20.4. The lowest BCUT2D eigenvalue weighted by molar-refractivity contribution is 0.0498. The number of rotatable bonds is 4. The molecule has 2 aromatic heterocycles. The molecule has 2 aliphatic rings. The van der Waals surface area contributed by atoms with Crippen LogP contribution in [0.15, 0.2) is 44.5 Å². The Morgan fingerprint density at radius 3 is 2.03 bits per heavy atom. The molecule has 0 aliphatic carbocycles. The summed E-state index contributed by atoms with van der Waals surface area (Å²) < 4.78 is 42.2. The van der Waals surface area contributed by atoms with Gasteiger partial charge in [-0.2, -0.15) is 4.31 Å². The average molecular weight is 423 g/mol. The van der Waals surface area contributed by atoms with E-state index in [-0.39, 0.29) is 35.6 Å². The van der Waals surface area contributed by atoms with Crippen LogP contribution >= 0.6 is 0 Å². The molecule has 0 aromatic carbocycles. The van der Waals surface area contributed by atoms with Crippen molar-refractivity contribution < 1.29 is 31.6 Å². The first-order chi connectivity index (χ1) is 14.0. The fourth-order valence-corrected chi connectivity index (χ4v) is 4.63. The lowest BCUT2D eigenvalue weighted by atomic mass is 10.2. The van der Waals surface area contributed by atoms with Gasteiger partial charge < -0.3 is 23.4 Å². The van der Waals surface area contributed by atoms with Gasteiger partial charge in [-0.3, -0.25) is 9.59 Å². The Hall–Kier alpha value is -2.63. The number of hydrogen-bond acceptors (Lipinski definition) is 7. The van der Waals surface area contributed by atoms with E-state index in [4.69, 9.17) is 13.6 Å². The minimum absolute atomic E-state index is 0.0392. The predicted octanol–water partition coefficient (Wildman–Crippen LogP) is 0.492. The van der Waals surface area contributed by atoms with Crippen molar-refractivity contribution in [3.8, 4) is 0 Å². The van der Waals surface area contributed by atoms with E-state index in [9.17, 15) is 18.0 Å². The maximum absolute atomic E-state index is 12.7. The molecule has 0 saturated carbocycles. The Morgan fingerprint density at radius 2 is 1.45 bits per heavy atom. The molecule has 0 spiro atoms. The van der Waals surface area contributed by atoms with Crippen molar-refractivity contribution in [2.75, 3.05) is 52.5 Å². The normalized spacial score (nSPS) is 18.8. The van der Waals surface area contributed by atoms with E-state index < -0.39 is 15.9 Å². The van der Waals surface area contributed by atoms with Crippen molar-refractivity contribution in [2.45, 2.75) is 5.09 Å². The van der Waals surface area contributed by atoms with E-state index in [1.54, 1.807) is 17.0 Å². The SMILES string of the molecule is O=C(c1ccco1)N1CCN(C(=O)c2ccc(S(=O)(=O)N3CCOCC3)o2)CC1. The van der Waals surface area contributed by atoms with Gasteiger partial charge in [0.25, 0.3) is 21.8 Å². The molecule has 0 radical (unpaired) electrons. The van der Waals surface area contributed by atoms with E-state index in [1.807, 2.05) is 0 Å². The van der Waals surface area contributed by atoms with Crippen LogP contribution in [0.3, 0.4) is 0 Å². The van der Waals surface area contributed by atoms with E-state index in [1.165, 1.54) is 27.6 Å². The molecule has 4 heterocycles. The molecule has 2 aromatic rings. The van der Waals surface area contributed by atoms with E-state index in [0.29, 0.717) is 39.4 Å². The van der Waals surface area contributed by atoms with Crippen LogP contribution in [0.25, 0.3) is 0 Å². The van der Waals surface area contributed by atoms with Crippen LogP contribution in [-0.4, -0.2) is 86.8 Å². The molecule has 0 bridgehead atoms. The lowest BCUT2D eigenvalue weighted by Crippen LogP contribution is -2.50. The first-order valence-electron chi connectivity index (χ1n) is 9.26.